The molecule has 2 aromatic rings. The van der Waals surface area contributed by atoms with Crippen molar-refractivity contribution >= 4 is 26.8 Å². The van der Waals surface area contributed by atoms with Gasteiger partial charge in [-0.1, -0.05) is 15.9 Å². The van der Waals surface area contributed by atoms with Crippen molar-refractivity contribution in [2.45, 2.75) is 39.3 Å². The number of halogens is 1. The van der Waals surface area contributed by atoms with E-state index in [-0.39, 0.29) is 6.10 Å². The summed E-state index contributed by atoms with van der Waals surface area (Å²) < 4.78 is 3.39. The molecule has 92 valence electrons. The average Bonchev–Trinajstić information content (AvgIpc) is 2.53. The van der Waals surface area contributed by atoms with E-state index in [1.54, 1.807) is 0 Å². The predicted molar refractivity (Wildman–Crippen MR) is 75.4 cm³/mol. The first kappa shape index (κ1) is 12.7. The summed E-state index contributed by atoms with van der Waals surface area (Å²) in [6, 6.07) is 8.90. The summed E-state index contributed by atoms with van der Waals surface area (Å²) in [5, 5.41) is 10.8. The van der Waals surface area contributed by atoms with Gasteiger partial charge in [-0.25, -0.2) is 0 Å². The van der Waals surface area contributed by atoms with Crippen molar-refractivity contribution in [3.63, 3.8) is 0 Å². The van der Waals surface area contributed by atoms with Gasteiger partial charge >= 0.3 is 0 Å². The molecule has 2 nitrogen and oxygen atoms in total. The van der Waals surface area contributed by atoms with E-state index in [4.69, 9.17) is 0 Å². The molecule has 1 N–H and O–H groups in total. The summed E-state index contributed by atoms with van der Waals surface area (Å²) in [6.45, 7) is 6.18. The second-order valence-electron chi connectivity index (χ2n) is 4.86. The number of aliphatic hydroxyl groups excluding tert-OH is 1. The zero-order valence-electron chi connectivity index (χ0n) is 10.4. The molecule has 0 radical (unpaired) electrons. The lowest BCUT2D eigenvalue weighted by Crippen LogP contribution is -2.11. The minimum atomic E-state index is -0.305. The van der Waals surface area contributed by atoms with Crippen molar-refractivity contribution in [1.29, 1.82) is 0 Å². The molecule has 1 heterocycles. The van der Waals surface area contributed by atoms with Gasteiger partial charge in [-0.15, -0.1) is 0 Å². The Balaban J connectivity index is 2.61. The van der Waals surface area contributed by atoms with Crippen molar-refractivity contribution in [3.8, 4) is 0 Å². The maximum Gasteiger partial charge on any atom is 0.0566 e. The molecular formula is C14H18BrNO. The van der Waals surface area contributed by atoms with Crippen LogP contribution in [0.25, 0.3) is 10.9 Å². The number of aromatic nitrogens is 1. The largest absolute Gasteiger partial charge is 0.393 e. The number of fused-ring (bicyclic) bond motifs is 1. The monoisotopic (exact) mass is 295 g/mol. The van der Waals surface area contributed by atoms with E-state index in [2.05, 4.69) is 58.6 Å². The highest BCUT2D eigenvalue weighted by Crippen LogP contribution is 2.27. The molecule has 1 aromatic carbocycles. The molecule has 1 atom stereocenters. The van der Waals surface area contributed by atoms with Crippen molar-refractivity contribution in [3.05, 3.63) is 34.4 Å². The lowest BCUT2D eigenvalue weighted by molar-refractivity contribution is 0.192. The standard InChI is InChI=1S/C14H18BrNO/c1-9(2)16-13(6-10(3)17)8-11-7-12(15)4-5-14(11)16/h4-5,7-10,17H,6H2,1-3H3. The van der Waals surface area contributed by atoms with E-state index in [1.807, 2.05) is 6.92 Å². The SMILES string of the molecule is CC(O)Cc1cc2cc(Br)ccc2n1C(C)C. The molecule has 1 unspecified atom stereocenters. The van der Waals surface area contributed by atoms with E-state index in [0.29, 0.717) is 12.5 Å². The fraction of sp³-hybridized carbons (Fsp3) is 0.429. The lowest BCUT2D eigenvalue weighted by Gasteiger charge is -2.15. The van der Waals surface area contributed by atoms with Crippen LogP contribution in [-0.2, 0) is 6.42 Å². The van der Waals surface area contributed by atoms with Crippen LogP contribution in [0.3, 0.4) is 0 Å². The Kier molecular flexibility index (Phi) is 3.59. The maximum absolute atomic E-state index is 9.57. The molecule has 0 bridgehead atoms. The zero-order chi connectivity index (χ0) is 12.6. The van der Waals surface area contributed by atoms with Crippen LogP contribution >= 0.6 is 15.9 Å². The van der Waals surface area contributed by atoms with E-state index >= 15 is 0 Å². The summed E-state index contributed by atoms with van der Waals surface area (Å²) in [5.74, 6) is 0. The Morgan fingerprint density at radius 3 is 2.53 bits per heavy atom. The predicted octanol–water partition coefficient (Wildman–Crippen LogP) is 3.91. The molecule has 0 amide bonds. The van der Waals surface area contributed by atoms with E-state index in [9.17, 15) is 5.11 Å². The second kappa shape index (κ2) is 4.83. The number of hydrogen-bond donors (Lipinski definition) is 1. The second-order valence-corrected chi connectivity index (χ2v) is 5.77. The van der Waals surface area contributed by atoms with E-state index < -0.39 is 0 Å². The Labute approximate surface area is 110 Å². The van der Waals surface area contributed by atoms with Crippen molar-refractivity contribution in [2.75, 3.05) is 0 Å². The summed E-state index contributed by atoms with van der Waals surface area (Å²) in [4.78, 5) is 0. The summed E-state index contributed by atoms with van der Waals surface area (Å²) in [6.07, 6.45) is 0.394. The molecular weight excluding hydrogens is 278 g/mol. The van der Waals surface area contributed by atoms with Gasteiger partial charge in [0.2, 0.25) is 0 Å². The molecule has 17 heavy (non-hydrogen) atoms. The van der Waals surface area contributed by atoms with Crippen LogP contribution in [0.2, 0.25) is 0 Å². The van der Waals surface area contributed by atoms with E-state index in [1.165, 1.54) is 16.6 Å². The molecule has 1 aromatic heterocycles. The molecule has 0 aliphatic heterocycles. The highest BCUT2D eigenvalue weighted by atomic mass is 79.9. The number of aliphatic hydroxyl groups is 1. The number of nitrogens with zero attached hydrogens (tertiary/aromatic N) is 1. The van der Waals surface area contributed by atoms with Gasteiger partial charge in [0.05, 0.1) is 6.10 Å². The summed E-state index contributed by atoms with van der Waals surface area (Å²) in [5.41, 5.74) is 2.43. The Bertz CT molecular complexity index is 528. The van der Waals surface area contributed by atoms with Crippen LogP contribution in [0, 0.1) is 0 Å². The number of hydrogen-bond acceptors (Lipinski definition) is 1. The van der Waals surface area contributed by atoms with Gasteiger partial charge in [-0.05, 0) is 45.0 Å². The quantitative estimate of drug-likeness (QED) is 0.912. The maximum atomic E-state index is 9.57. The fourth-order valence-electron chi connectivity index (χ4n) is 2.33. The first-order valence-electron chi connectivity index (χ1n) is 5.96. The minimum absolute atomic E-state index is 0.305. The van der Waals surface area contributed by atoms with Gasteiger partial charge in [-0.2, -0.15) is 0 Å². The van der Waals surface area contributed by atoms with Crippen LogP contribution in [0.5, 0.6) is 0 Å². The molecule has 0 saturated heterocycles. The first-order valence-corrected chi connectivity index (χ1v) is 6.75. The highest BCUT2D eigenvalue weighted by molar-refractivity contribution is 9.10. The van der Waals surface area contributed by atoms with Crippen LogP contribution in [0.1, 0.15) is 32.5 Å². The molecule has 0 saturated carbocycles. The van der Waals surface area contributed by atoms with Gasteiger partial charge in [0.25, 0.3) is 0 Å². The highest BCUT2D eigenvalue weighted by Gasteiger charge is 2.13. The minimum Gasteiger partial charge on any atom is -0.393 e. The molecule has 2 rings (SSSR count). The zero-order valence-corrected chi connectivity index (χ0v) is 12.0. The third kappa shape index (κ3) is 2.55. The summed E-state index contributed by atoms with van der Waals surface area (Å²) >= 11 is 3.50. The van der Waals surface area contributed by atoms with Crippen LogP contribution in [0.4, 0.5) is 0 Å². The van der Waals surface area contributed by atoms with Gasteiger partial charge in [-0.3, -0.25) is 0 Å². The van der Waals surface area contributed by atoms with Crippen molar-refractivity contribution in [1.82, 2.24) is 4.57 Å². The number of benzene rings is 1. The molecule has 0 fully saturated rings. The third-order valence-corrected chi connectivity index (χ3v) is 3.39. The topological polar surface area (TPSA) is 25.2 Å². The van der Waals surface area contributed by atoms with E-state index in [0.717, 1.165) is 4.47 Å². The fourth-order valence-corrected chi connectivity index (χ4v) is 2.71. The molecule has 0 spiro atoms. The molecule has 0 aliphatic rings. The average molecular weight is 296 g/mol. The van der Waals surface area contributed by atoms with Gasteiger partial charge < -0.3 is 9.67 Å². The lowest BCUT2D eigenvalue weighted by atomic mass is 10.2. The van der Waals surface area contributed by atoms with Crippen LogP contribution in [-0.4, -0.2) is 15.8 Å². The van der Waals surface area contributed by atoms with Gasteiger partial charge in [0.1, 0.15) is 0 Å². The molecule has 3 heteroatoms. The van der Waals surface area contributed by atoms with Crippen LogP contribution in [0.15, 0.2) is 28.7 Å². The molecule has 0 aliphatic carbocycles. The Hall–Kier alpha value is -0.800. The third-order valence-electron chi connectivity index (χ3n) is 2.90. The number of rotatable bonds is 3. The summed E-state index contributed by atoms with van der Waals surface area (Å²) in [7, 11) is 0. The normalized spacial score (nSPS) is 13.5. The van der Waals surface area contributed by atoms with Gasteiger partial charge in [0, 0.05) is 33.5 Å². The smallest absolute Gasteiger partial charge is 0.0566 e. The van der Waals surface area contributed by atoms with Crippen LogP contribution < -0.4 is 0 Å². The Morgan fingerprint density at radius 1 is 1.24 bits per heavy atom. The first-order chi connectivity index (χ1) is 7.99. The van der Waals surface area contributed by atoms with Crippen molar-refractivity contribution in [2.24, 2.45) is 0 Å². The van der Waals surface area contributed by atoms with Gasteiger partial charge in [0.15, 0.2) is 0 Å². The Morgan fingerprint density at radius 2 is 1.94 bits per heavy atom. The van der Waals surface area contributed by atoms with Crippen molar-refractivity contribution < 1.29 is 5.11 Å².